The van der Waals surface area contributed by atoms with Crippen LogP contribution in [0, 0.1) is 0 Å². The Morgan fingerprint density at radius 1 is 1.00 bits per heavy atom. The maximum absolute atomic E-state index is 8.56. The molecule has 0 heterocycles. The van der Waals surface area contributed by atoms with Gasteiger partial charge in [0.2, 0.25) is 0 Å². The molecular weight excluding hydrogens is 206 g/mol. The zero-order valence-corrected chi connectivity index (χ0v) is 10.1. The lowest BCUT2D eigenvalue weighted by Gasteiger charge is -2.31. The van der Waals surface area contributed by atoms with E-state index in [2.05, 4.69) is 0 Å². The highest BCUT2D eigenvalue weighted by Crippen LogP contribution is 2.29. The molecular formula is C12H25NO3. The molecule has 16 heavy (non-hydrogen) atoms. The maximum atomic E-state index is 8.56. The quantitative estimate of drug-likeness (QED) is 0.508. The molecule has 0 aromatic rings. The van der Waals surface area contributed by atoms with Crippen LogP contribution in [0.2, 0.25) is 0 Å². The fourth-order valence-electron chi connectivity index (χ4n) is 2.26. The second-order valence-electron chi connectivity index (χ2n) is 4.49. The van der Waals surface area contributed by atoms with Gasteiger partial charge >= 0.3 is 0 Å². The van der Waals surface area contributed by atoms with Crippen molar-refractivity contribution in [1.29, 1.82) is 0 Å². The summed E-state index contributed by atoms with van der Waals surface area (Å²) >= 11 is 0. The van der Waals surface area contributed by atoms with E-state index in [1.54, 1.807) is 0 Å². The number of rotatable bonds is 7. The van der Waals surface area contributed by atoms with Crippen molar-refractivity contribution in [2.75, 3.05) is 33.0 Å². The van der Waals surface area contributed by atoms with Crippen molar-refractivity contribution in [2.24, 2.45) is 5.73 Å². The van der Waals surface area contributed by atoms with Gasteiger partial charge in [-0.05, 0) is 12.8 Å². The second-order valence-corrected chi connectivity index (χ2v) is 4.49. The van der Waals surface area contributed by atoms with E-state index in [4.69, 9.17) is 20.3 Å². The third-order valence-corrected chi connectivity index (χ3v) is 3.26. The van der Waals surface area contributed by atoms with E-state index in [0.717, 1.165) is 12.8 Å². The van der Waals surface area contributed by atoms with Crippen molar-refractivity contribution in [3.05, 3.63) is 0 Å². The Bertz CT molecular complexity index is 168. The highest BCUT2D eigenvalue weighted by molar-refractivity contribution is 4.84. The zero-order valence-electron chi connectivity index (χ0n) is 10.1. The summed E-state index contributed by atoms with van der Waals surface area (Å²) in [6.45, 7) is 2.19. The first-order chi connectivity index (χ1) is 7.83. The van der Waals surface area contributed by atoms with Crippen LogP contribution in [0.4, 0.5) is 0 Å². The summed E-state index contributed by atoms with van der Waals surface area (Å²) in [5.74, 6) is 0. The summed E-state index contributed by atoms with van der Waals surface area (Å²) in [5.41, 5.74) is 5.73. The Hall–Kier alpha value is -0.160. The topological polar surface area (TPSA) is 64.7 Å². The van der Waals surface area contributed by atoms with Crippen molar-refractivity contribution < 1.29 is 14.6 Å². The Morgan fingerprint density at radius 3 is 2.25 bits per heavy atom. The van der Waals surface area contributed by atoms with E-state index < -0.39 is 0 Å². The van der Waals surface area contributed by atoms with Gasteiger partial charge in [-0.2, -0.15) is 0 Å². The van der Waals surface area contributed by atoms with Crippen molar-refractivity contribution in [3.63, 3.8) is 0 Å². The first kappa shape index (κ1) is 13.9. The average Bonchev–Trinajstić information content (AvgIpc) is 2.55. The predicted octanol–water partition coefficient (Wildman–Crippen LogP) is 1.06. The molecule has 4 nitrogen and oxygen atoms in total. The molecule has 0 spiro atoms. The molecule has 1 fully saturated rings. The maximum Gasteiger partial charge on any atom is 0.0805 e. The monoisotopic (exact) mass is 231 g/mol. The minimum Gasteiger partial charge on any atom is -0.394 e. The van der Waals surface area contributed by atoms with Gasteiger partial charge in [-0.15, -0.1) is 0 Å². The van der Waals surface area contributed by atoms with Gasteiger partial charge in [0, 0.05) is 6.54 Å². The summed E-state index contributed by atoms with van der Waals surface area (Å²) in [4.78, 5) is 0. The van der Waals surface area contributed by atoms with Crippen LogP contribution in [0.25, 0.3) is 0 Å². The SMILES string of the molecule is NCC1(OCCOCCO)CCCCCC1. The third-order valence-electron chi connectivity index (χ3n) is 3.26. The van der Waals surface area contributed by atoms with Gasteiger partial charge < -0.3 is 20.3 Å². The smallest absolute Gasteiger partial charge is 0.0805 e. The third kappa shape index (κ3) is 4.78. The summed E-state index contributed by atoms with van der Waals surface area (Å²) in [5, 5.41) is 8.56. The average molecular weight is 231 g/mol. The molecule has 0 aliphatic heterocycles. The Balaban J connectivity index is 2.22. The molecule has 0 aromatic heterocycles. The number of aliphatic hydroxyl groups is 1. The number of ether oxygens (including phenoxy) is 2. The van der Waals surface area contributed by atoms with Crippen LogP contribution in [-0.2, 0) is 9.47 Å². The zero-order chi connectivity index (χ0) is 11.7. The first-order valence-electron chi connectivity index (χ1n) is 6.36. The lowest BCUT2D eigenvalue weighted by Crippen LogP contribution is -2.41. The molecule has 0 saturated heterocycles. The molecule has 4 heteroatoms. The number of hydrogen-bond donors (Lipinski definition) is 2. The molecule has 1 saturated carbocycles. The predicted molar refractivity (Wildman–Crippen MR) is 63.3 cm³/mol. The molecule has 0 aromatic carbocycles. The van der Waals surface area contributed by atoms with Gasteiger partial charge in [0.15, 0.2) is 0 Å². The van der Waals surface area contributed by atoms with E-state index in [1.807, 2.05) is 0 Å². The molecule has 1 aliphatic rings. The summed E-state index contributed by atoms with van der Waals surface area (Å²) < 4.78 is 11.1. The molecule has 0 amide bonds. The van der Waals surface area contributed by atoms with E-state index in [0.29, 0.717) is 26.4 Å². The Morgan fingerprint density at radius 2 is 1.69 bits per heavy atom. The highest BCUT2D eigenvalue weighted by atomic mass is 16.5. The van der Waals surface area contributed by atoms with Crippen LogP contribution < -0.4 is 5.73 Å². The minimum atomic E-state index is -0.112. The van der Waals surface area contributed by atoms with Crippen LogP contribution in [0.5, 0.6) is 0 Å². The number of hydrogen-bond acceptors (Lipinski definition) is 4. The Labute approximate surface area is 98.1 Å². The van der Waals surface area contributed by atoms with Crippen LogP contribution in [0.15, 0.2) is 0 Å². The van der Waals surface area contributed by atoms with Gasteiger partial charge in [-0.25, -0.2) is 0 Å². The van der Waals surface area contributed by atoms with Crippen molar-refractivity contribution in [3.8, 4) is 0 Å². The van der Waals surface area contributed by atoms with Crippen molar-refractivity contribution in [2.45, 2.75) is 44.1 Å². The molecule has 0 bridgehead atoms. The molecule has 0 atom stereocenters. The van der Waals surface area contributed by atoms with Crippen LogP contribution in [0.1, 0.15) is 38.5 Å². The molecule has 0 radical (unpaired) electrons. The second kappa shape index (κ2) is 8.01. The highest BCUT2D eigenvalue weighted by Gasteiger charge is 2.29. The molecule has 3 N–H and O–H groups in total. The molecule has 1 rings (SSSR count). The van der Waals surface area contributed by atoms with Gasteiger partial charge in [0.05, 0.1) is 32.0 Å². The van der Waals surface area contributed by atoms with E-state index in [9.17, 15) is 0 Å². The Kier molecular flexibility index (Phi) is 6.96. The van der Waals surface area contributed by atoms with Gasteiger partial charge in [-0.1, -0.05) is 25.7 Å². The van der Waals surface area contributed by atoms with Crippen molar-refractivity contribution >= 4 is 0 Å². The van der Waals surface area contributed by atoms with Gasteiger partial charge in [0.25, 0.3) is 0 Å². The summed E-state index contributed by atoms with van der Waals surface area (Å²) in [6.07, 6.45) is 7.18. The standard InChI is InChI=1S/C12H25NO3/c13-11-12(5-3-1-2-4-6-12)16-10-9-15-8-7-14/h14H,1-11,13H2. The lowest BCUT2D eigenvalue weighted by molar-refractivity contribution is -0.0726. The number of nitrogens with two attached hydrogens (primary N) is 1. The minimum absolute atomic E-state index is 0.0715. The summed E-state index contributed by atoms with van der Waals surface area (Å²) in [7, 11) is 0. The van der Waals surface area contributed by atoms with E-state index in [-0.39, 0.29) is 12.2 Å². The van der Waals surface area contributed by atoms with E-state index in [1.165, 1.54) is 25.7 Å². The molecule has 0 unspecified atom stereocenters. The fourth-order valence-corrected chi connectivity index (χ4v) is 2.26. The first-order valence-corrected chi connectivity index (χ1v) is 6.36. The van der Waals surface area contributed by atoms with Gasteiger partial charge in [-0.3, -0.25) is 0 Å². The number of aliphatic hydroxyl groups excluding tert-OH is 1. The van der Waals surface area contributed by atoms with Crippen LogP contribution >= 0.6 is 0 Å². The molecule has 1 aliphatic carbocycles. The summed E-state index contributed by atoms with van der Waals surface area (Å²) in [6, 6.07) is 0. The molecule has 96 valence electrons. The van der Waals surface area contributed by atoms with E-state index >= 15 is 0 Å². The fraction of sp³-hybridized carbons (Fsp3) is 1.00. The van der Waals surface area contributed by atoms with Crippen LogP contribution in [-0.4, -0.2) is 43.7 Å². The lowest BCUT2D eigenvalue weighted by atomic mass is 9.94. The van der Waals surface area contributed by atoms with Gasteiger partial charge in [0.1, 0.15) is 0 Å². The van der Waals surface area contributed by atoms with Crippen LogP contribution in [0.3, 0.4) is 0 Å². The largest absolute Gasteiger partial charge is 0.394 e. The normalized spacial score (nSPS) is 20.6. The van der Waals surface area contributed by atoms with Crippen molar-refractivity contribution in [1.82, 2.24) is 0 Å².